The highest BCUT2D eigenvalue weighted by atomic mass is 79.9. The first-order valence-electron chi connectivity index (χ1n) is 2.29. The lowest BCUT2D eigenvalue weighted by Crippen LogP contribution is -1.88. The number of hydrogen-bond acceptors (Lipinski definition) is 2. The molecule has 0 aromatic heterocycles. The summed E-state index contributed by atoms with van der Waals surface area (Å²) in [6.07, 6.45) is 0. The van der Waals surface area contributed by atoms with E-state index in [9.17, 15) is 17.7 Å². The second-order valence-corrected chi connectivity index (χ2v) is 3.47. The summed E-state index contributed by atoms with van der Waals surface area (Å²) in [5.41, 5.74) is 0. The van der Waals surface area contributed by atoms with Gasteiger partial charge in [-0.3, -0.25) is 0 Å². The Balaban J connectivity index is 0. The van der Waals surface area contributed by atoms with Crippen molar-refractivity contribution in [3.05, 3.63) is 0 Å². The summed E-state index contributed by atoms with van der Waals surface area (Å²) in [6, 6.07) is 0. The number of halogens is 5. The van der Waals surface area contributed by atoms with Crippen molar-refractivity contribution in [2.24, 2.45) is 0 Å². The Kier molecular flexibility index (Phi) is 9.37. The fourth-order valence-corrected chi connectivity index (χ4v) is 0.597. The molecule has 1 unspecified atom stereocenters. The SMILES string of the molecule is CCO[P+](=O)Cl.FC(F)(F)Br. The first kappa shape index (κ1) is 14.2. The molecule has 68 valence electrons. The number of rotatable bonds is 2. The van der Waals surface area contributed by atoms with Crippen LogP contribution in [0.1, 0.15) is 6.92 Å². The third-order valence-electron chi connectivity index (χ3n) is 0.231. The Morgan fingerprint density at radius 2 is 1.91 bits per heavy atom. The lowest BCUT2D eigenvalue weighted by atomic mass is 10.9. The Hall–Kier alpha value is 0.620. The molecule has 0 saturated heterocycles. The maximum Gasteiger partial charge on any atom is 0.633 e. The van der Waals surface area contributed by atoms with E-state index in [1.54, 1.807) is 6.92 Å². The van der Waals surface area contributed by atoms with Crippen LogP contribution >= 0.6 is 34.6 Å². The normalized spacial score (nSPS) is 11.6. The molecular weight excluding hydrogens is 271 g/mol. The Bertz CT molecular complexity index is 114. The van der Waals surface area contributed by atoms with Crippen LogP contribution < -0.4 is 0 Å². The lowest BCUT2D eigenvalue weighted by Gasteiger charge is -1.85. The minimum absolute atomic E-state index is 0.415. The van der Waals surface area contributed by atoms with E-state index in [0.29, 0.717) is 6.61 Å². The van der Waals surface area contributed by atoms with Crippen LogP contribution in [0, 0.1) is 0 Å². The zero-order chi connectivity index (χ0) is 9.49. The predicted octanol–water partition coefficient (Wildman–Crippen LogP) is 3.82. The van der Waals surface area contributed by atoms with Crippen LogP contribution in [0.15, 0.2) is 0 Å². The molecule has 0 rings (SSSR count). The van der Waals surface area contributed by atoms with Crippen LogP contribution in [-0.4, -0.2) is 11.7 Å². The molecule has 0 heterocycles. The predicted molar refractivity (Wildman–Crippen MR) is 40.1 cm³/mol. The van der Waals surface area contributed by atoms with E-state index in [-0.39, 0.29) is 0 Å². The van der Waals surface area contributed by atoms with E-state index in [1.165, 1.54) is 15.9 Å². The fraction of sp³-hybridized carbons (Fsp3) is 1.00. The van der Waals surface area contributed by atoms with Crippen LogP contribution in [-0.2, 0) is 9.09 Å². The van der Waals surface area contributed by atoms with Gasteiger partial charge in [-0.15, -0.1) is 4.52 Å². The largest absolute Gasteiger partial charge is 0.633 e. The molecular formula is C3H5BrClF3O2P+. The summed E-state index contributed by atoms with van der Waals surface area (Å²) in [5.74, 6) is 0. The van der Waals surface area contributed by atoms with Gasteiger partial charge in [-0.05, 0) is 11.5 Å². The van der Waals surface area contributed by atoms with Crippen LogP contribution in [0.5, 0.6) is 0 Å². The molecule has 0 aromatic rings. The molecule has 1 atom stereocenters. The van der Waals surface area contributed by atoms with Crippen molar-refractivity contribution in [1.82, 2.24) is 0 Å². The molecule has 0 aliphatic rings. The molecule has 8 heteroatoms. The van der Waals surface area contributed by atoms with Crippen LogP contribution in [0.25, 0.3) is 0 Å². The van der Waals surface area contributed by atoms with E-state index in [0.717, 1.165) is 0 Å². The van der Waals surface area contributed by atoms with E-state index >= 15 is 0 Å². The lowest BCUT2D eigenvalue weighted by molar-refractivity contribution is -0.0245. The topological polar surface area (TPSA) is 26.3 Å². The first-order chi connectivity index (χ1) is 4.77. The Morgan fingerprint density at radius 3 is 1.91 bits per heavy atom. The zero-order valence-electron chi connectivity index (χ0n) is 5.36. The molecule has 0 aromatic carbocycles. The maximum absolute atomic E-state index is 10.3. The van der Waals surface area contributed by atoms with Gasteiger partial charge in [-0.1, -0.05) is 0 Å². The third-order valence-corrected chi connectivity index (χ3v) is 0.985. The summed E-state index contributed by atoms with van der Waals surface area (Å²) < 4.78 is 44.9. The van der Waals surface area contributed by atoms with Crippen molar-refractivity contribution in [2.75, 3.05) is 6.61 Å². The molecule has 0 amide bonds. The average molecular weight is 276 g/mol. The second-order valence-electron chi connectivity index (χ2n) is 1.06. The van der Waals surface area contributed by atoms with Crippen molar-refractivity contribution in [3.8, 4) is 0 Å². The highest BCUT2D eigenvalue weighted by Crippen LogP contribution is 2.26. The molecule has 0 saturated carbocycles. The van der Waals surface area contributed by atoms with Gasteiger partial charge in [0, 0.05) is 15.9 Å². The van der Waals surface area contributed by atoms with Crippen molar-refractivity contribution in [1.29, 1.82) is 0 Å². The molecule has 0 aliphatic carbocycles. The van der Waals surface area contributed by atoms with E-state index in [4.69, 9.17) is 11.2 Å². The number of alkyl halides is 4. The van der Waals surface area contributed by atoms with Gasteiger partial charge in [0.05, 0.1) is 0 Å². The van der Waals surface area contributed by atoms with Gasteiger partial charge in [0.2, 0.25) is 11.2 Å². The van der Waals surface area contributed by atoms with Gasteiger partial charge in [-0.2, -0.15) is 13.2 Å². The summed E-state index contributed by atoms with van der Waals surface area (Å²) in [5, 5.41) is -4.19. The zero-order valence-corrected chi connectivity index (χ0v) is 8.60. The minimum Gasteiger partial charge on any atom is -0.160 e. The second kappa shape index (κ2) is 7.28. The molecule has 0 spiro atoms. The van der Waals surface area contributed by atoms with Crippen molar-refractivity contribution >= 4 is 34.6 Å². The molecule has 0 bridgehead atoms. The minimum atomic E-state index is -4.19. The van der Waals surface area contributed by atoms with Crippen LogP contribution in [0.3, 0.4) is 0 Å². The van der Waals surface area contributed by atoms with Crippen molar-refractivity contribution in [2.45, 2.75) is 12.0 Å². The molecule has 0 aliphatic heterocycles. The third kappa shape index (κ3) is 60.2. The van der Waals surface area contributed by atoms with Gasteiger partial charge in [-0.25, -0.2) is 0 Å². The molecule has 11 heavy (non-hydrogen) atoms. The van der Waals surface area contributed by atoms with Crippen LogP contribution in [0.2, 0.25) is 0 Å². The van der Waals surface area contributed by atoms with Crippen LogP contribution in [0.4, 0.5) is 13.2 Å². The summed E-state index contributed by atoms with van der Waals surface area (Å²) in [6.45, 7) is 2.15. The fourth-order valence-electron chi connectivity index (χ4n) is 0.101. The molecule has 2 nitrogen and oxygen atoms in total. The quantitative estimate of drug-likeness (QED) is 0.566. The summed E-state index contributed by atoms with van der Waals surface area (Å²) in [4.78, 5) is 0. The van der Waals surface area contributed by atoms with Gasteiger partial charge in [0.1, 0.15) is 6.61 Å². The maximum atomic E-state index is 10.3. The molecule has 0 radical (unpaired) electrons. The van der Waals surface area contributed by atoms with Gasteiger partial charge < -0.3 is 0 Å². The highest BCUT2D eigenvalue weighted by molar-refractivity contribution is 9.09. The highest BCUT2D eigenvalue weighted by Gasteiger charge is 2.19. The number of hydrogen-bond donors (Lipinski definition) is 0. The van der Waals surface area contributed by atoms with E-state index in [1.807, 2.05) is 0 Å². The van der Waals surface area contributed by atoms with Gasteiger partial charge >= 0.3 is 12.5 Å². The summed E-state index contributed by atoms with van der Waals surface area (Å²) in [7, 11) is -1.88. The first-order valence-corrected chi connectivity index (χ1v) is 5.16. The smallest absolute Gasteiger partial charge is 0.160 e. The summed E-state index contributed by atoms with van der Waals surface area (Å²) >= 11 is 6.24. The van der Waals surface area contributed by atoms with E-state index < -0.39 is 12.5 Å². The van der Waals surface area contributed by atoms with Gasteiger partial charge in [0.25, 0.3) is 0 Å². The Labute approximate surface area is 75.8 Å². The van der Waals surface area contributed by atoms with Gasteiger partial charge in [0.15, 0.2) is 0 Å². The van der Waals surface area contributed by atoms with Crippen molar-refractivity contribution < 1.29 is 22.3 Å². The molecule has 0 N–H and O–H groups in total. The Morgan fingerprint density at radius 1 is 1.64 bits per heavy atom. The standard InChI is InChI=1S/C2H5ClO2P.CBrF3/c1-2-5-6(3)4;2-1(3,4)5/h2H2,1H3;/q+1;. The molecule has 0 fully saturated rings. The van der Waals surface area contributed by atoms with Crippen molar-refractivity contribution in [3.63, 3.8) is 0 Å². The average Bonchev–Trinajstić information content (AvgIpc) is 1.58. The monoisotopic (exact) mass is 275 g/mol. The van der Waals surface area contributed by atoms with E-state index in [2.05, 4.69) is 4.52 Å².